The third-order valence-electron chi connectivity index (χ3n) is 4.88. The topological polar surface area (TPSA) is 80.9 Å². The van der Waals surface area contributed by atoms with Crippen molar-refractivity contribution in [1.29, 1.82) is 0 Å². The minimum absolute atomic E-state index is 0.221. The third kappa shape index (κ3) is 5.29. The number of aliphatic imine (C=N–C) groups is 1. The maximum atomic E-state index is 12.4. The van der Waals surface area contributed by atoms with E-state index in [1.54, 1.807) is 43.3 Å². The van der Waals surface area contributed by atoms with Gasteiger partial charge in [-0.3, -0.25) is 4.79 Å². The number of halogens is 1. The van der Waals surface area contributed by atoms with Gasteiger partial charge in [0.15, 0.2) is 5.17 Å². The summed E-state index contributed by atoms with van der Waals surface area (Å²) in [6.45, 7) is 6.11. The molecular weight excluding hydrogens is 504 g/mol. The monoisotopic (exact) mass is 524 g/mol. The molecule has 0 aliphatic carbocycles. The first kappa shape index (κ1) is 23.1. The number of rotatable bonds is 5. The molecule has 4 rings (SSSR count). The van der Waals surface area contributed by atoms with E-state index in [2.05, 4.69) is 26.2 Å². The molecule has 0 bridgehead atoms. The Hall–Kier alpha value is -3.10. The van der Waals surface area contributed by atoms with Crippen molar-refractivity contribution in [2.45, 2.75) is 20.8 Å². The second-order valence-electron chi connectivity index (χ2n) is 7.38. The van der Waals surface area contributed by atoms with Gasteiger partial charge in [0.05, 0.1) is 22.8 Å². The van der Waals surface area contributed by atoms with Gasteiger partial charge in [0, 0.05) is 16.1 Å². The Morgan fingerprint density at radius 3 is 2.52 bits per heavy atom. The van der Waals surface area contributed by atoms with Crippen molar-refractivity contribution in [2.75, 3.05) is 6.61 Å². The van der Waals surface area contributed by atoms with Gasteiger partial charge in [-0.2, -0.15) is 0 Å². The van der Waals surface area contributed by atoms with E-state index in [4.69, 9.17) is 9.15 Å². The number of furan rings is 1. The summed E-state index contributed by atoms with van der Waals surface area (Å²) in [4.78, 5) is 29.3. The molecule has 1 aromatic heterocycles. The summed E-state index contributed by atoms with van der Waals surface area (Å²) < 4.78 is 12.0. The van der Waals surface area contributed by atoms with Gasteiger partial charge in [0.1, 0.15) is 11.5 Å². The number of esters is 1. The quantitative estimate of drug-likeness (QED) is 0.308. The molecule has 0 atom stereocenters. The van der Waals surface area contributed by atoms with Crippen LogP contribution in [-0.2, 0) is 9.53 Å². The summed E-state index contributed by atoms with van der Waals surface area (Å²) in [6.07, 6.45) is 1.69. The molecule has 1 saturated heterocycles. The zero-order valence-electron chi connectivity index (χ0n) is 18.3. The molecule has 0 radical (unpaired) electrons. The Balaban J connectivity index is 1.50. The van der Waals surface area contributed by atoms with E-state index in [9.17, 15) is 9.59 Å². The molecule has 2 heterocycles. The van der Waals surface area contributed by atoms with Crippen LogP contribution >= 0.6 is 27.7 Å². The largest absolute Gasteiger partial charge is 0.462 e. The molecule has 8 heteroatoms. The summed E-state index contributed by atoms with van der Waals surface area (Å²) in [5.74, 6) is 0.606. The highest BCUT2D eigenvalue weighted by Crippen LogP contribution is 2.32. The molecule has 2 aromatic carbocycles. The number of benzene rings is 2. The van der Waals surface area contributed by atoms with E-state index in [1.165, 1.54) is 11.8 Å². The Labute approximate surface area is 204 Å². The molecule has 1 N–H and O–H groups in total. The van der Waals surface area contributed by atoms with Crippen molar-refractivity contribution in [3.8, 4) is 11.3 Å². The Bertz CT molecular complexity index is 1270. The first-order chi connectivity index (χ1) is 15.8. The lowest BCUT2D eigenvalue weighted by molar-refractivity contribution is -0.115. The molecule has 0 unspecified atom stereocenters. The van der Waals surface area contributed by atoms with Crippen molar-refractivity contribution in [2.24, 2.45) is 4.99 Å². The fourth-order valence-electron chi connectivity index (χ4n) is 3.29. The van der Waals surface area contributed by atoms with Crippen LogP contribution in [0, 0.1) is 13.8 Å². The van der Waals surface area contributed by atoms with Crippen LogP contribution in [-0.4, -0.2) is 23.7 Å². The van der Waals surface area contributed by atoms with Crippen LogP contribution in [0.5, 0.6) is 0 Å². The number of nitrogens with one attached hydrogen (secondary N) is 1. The number of amides is 1. The fourth-order valence-corrected chi connectivity index (χ4v) is 4.34. The molecule has 3 aromatic rings. The van der Waals surface area contributed by atoms with Crippen molar-refractivity contribution in [3.05, 3.63) is 80.4 Å². The van der Waals surface area contributed by atoms with Gasteiger partial charge < -0.3 is 14.5 Å². The zero-order valence-corrected chi connectivity index (χ0v) is 20.7. The molecule has 6 nitrogen and oxygen atoms in total. The standard InChI is InChI=1S/C25H21BrN2O4S/c1-4-31-24(30)17-7-5-16(6-8-17)20-10-9-19(32-20)13-21-23(29)28-25(33-21)27-18-11-14(2)22(26)15(3)12-18/h5-13H,4H2,1-3H3,(H,27,28,29)/b21-13-. The van der Waals surface area contributed by atoms with Crippen LogP contribution in [0.1, 0.15) is 34.2 Å². The van der Waals surface area contributed by atoms with Gasteiger partial charge in [-0.05, 0) is 80.1 Å². The van der Waals surface area contributed by atoms with Gasteiger partial charge in [-0.15, -0.1) is 0 Å². The summed E-state index contributed by atoms with van der Waals surface area (Å²) in [5, 5.41) is 3.32. The first-order valence-corrected chi connectivity index (χ1v) is 11.9. The van der Waals surface area contributed by atoms with Gasteiger partial charge in [-0.25, -0.2) is 9.79 Å². The maximum absolute atomic E-state index is 12.4. The SMILES string of the molecule is CCOC(=O)c1ccc(-c2ccc(/C=C3\SC(=Nc4cc(C)c(Br)c(C)c4)NC3=O)o2)cc1. The highest BCUT2D eigenvalue weighted by atomic mass is 79.9. The molecule has 0 spiro atoms. The first-order valence-electron chi connectivity index (χ1n) is 10.3. The van der Waals surface area contributed by atoms with E-state index in [0.29, 0.717) is 33.8 Å². The second-order valence-corrected chi connectivity index (χ2v) is 9.20. The number of carbonyl (C=O) groups excluding carboxylic acids is 2. The van der Waals surface area contributed by atoms with Crippen LogP contribution in [0.15, 0.2) is 67.3 Å². The number of ether oxygens (including phenoxy) is 1. The molecule has 1 aliphatic rings. The molecule has 1 amide bonds. The highest BCUT2D eigenvalue weighted by molar-refractivity contribution is 9.10. The van der Waals surface area contributed by atoms with Crippen LogP contribution in [0.3, 0.4) is 0 Å². The third-order valence-corrected chi connectivity index (χ3v) is 7.04. The van der Waals surface area contributed by atoms with Crippen LogP contribution < -0.4 is 5.32 Å². The lowest BCUT2D eigenvalue weighted by atomic mass is 10.1. The lowest BCUT2D eigenvalue weighted by Crippen LogP contribution is -2.19. The summed E-state index contributed by atoms with van der Waals surface area (Å²) in [5.41, 5.74) is 4.25. The normalized spacial score (nSPS) is 15.8. The molecule has 33 heavy (non-hydrogen) atoms. The molecule has 168 valence electrons. The smallest absolute Gasteiger partial charge is 0.338 e. The zero-order chi connectivity index (χ0) is 23.5. The van der Waals surface area contributed by atoms with Crippen molar-refractivity contribution < 1.29 is 18.7 Å². The van der Waals surface area contributed by atoms with E-state index in [0.717, 1.165) is 26.9 Å². The van der Waals surface area contributed by atoms with Gasteiger partial charge in [0.25, 0.3) is 5.91 Å². The number of carbonyl (C=O) groups is 2. The van der Waals surface area contributed by atoms with Crippen LogP contribution in [0.4, 0.5) is 5.69 Å². The summed E-state index contributed by atoms with van der Waals surface area (Å²) in [7, 11) is 0. The van der Waals surface area contributed by atoms with Crippen molar-refractivity contribution in [1.82, 2.24) is 5.32 Å². The number of nitrogens with zero attached hydrogens (tertiary/aromatic N) is 1. The van der Waals surface area contributed by atoms with Gasteiger partial charge >= 0.3 is 5.97 Å². The number of hydrogen-bond acceptors (Lipinski definition) is 6. The van der Waals surface area contributed by atoms with Crippen molar-refractivity contribution in [3.63, 3.8) is 0 Å². The van der Waals surface area contributed by atoms with Crippen LogP contribution in [0.2, 0.25) is 0 Å². The Morgan fingerprint density at radius 1 is 1.15 bits per heavy atom. The molecular formula is C25H21BrN2O4S. The predicted molar refractivity (Wildman–Crippen MR) is 135 cm³/mol. The predicted octanol–water partition coefficient (Wildman–Crippen LogP) is 6.39. The van der Waals surface area contributed by atoms with E-state index < -0.39 is 0 Å². The van der Waals surface area contributed by atoms with Gasteiger partial charge in [0.2, 0.25) is 0 Å². The molecule has 1 aliphatic heterocycles. The van der Waals surface area contributed by atoms with E-state index >= 15 is 0 Å². The number of hydrogen-bond donors (Lipinski definition) is 1. The molecule has 1 fully saturated rings. The van der Waals surface area contributed by atoms with Crippen molar-refractivity contribution >= 4 is 56.5 Å². The Morgan fingerprint density at radius 2 is 1.85 bits per heavy atom. The van der Waals surface area contributed by atoms with E-state index in [1.807, 2.05) is 32.0 Å². The summed E-state index contributed by atoms with van der Waals surface area (Å²) in [6, 6.07) is 14.5. The average molecular weight is 525 g/mol. The number of thioether (sulfide) groups is 1. The fraction of sp³-hybridized carbons (Fsp3) is 0.160. The summed E-state index contributed by atoms with van der Waals surface area (Å²) >= 11 is 4.82. The van der Waals surface area contributed by atoms with E-state index in [-0.39, 0.29) is 11.9 Å². The van der Waals surface area contributed by atoms with Gasteiger partial charge in [-0.1, -0.05) is 28.1 Å². The average Bonchev–Trinajstić information content (AvgIpc) is 3.39. The molecule has 0 saturated carbocycles. The lowest BCUT2D eigenvalue weighted by Gasteiger charge is -2.04. The second kappa shape index (κ2) is 9.80. The minimum Gasteiger partial charge on any atom is -0.462 e. The Kier molecular flexibility index (Phi) is 6.85. The minimum atomic E-state index is -0.357. The van der Waals surface area contributed by atoms with Crippen LogP contribution in [0.25, 0.3) is 17.4 Å². The maximum Gasteiger partial charge on any atom is 0.338 e. The highest BCUT2D eigenvalue weighted by Gasteiger charge is 2.24. The number of aryl methyl sites for hydroxylation is 2. The number of amidine groups is 1.